The topological polar surface area (TPSA) is 55.2 Å². The molecule has 1 heterocycles. The van der Waals surface area contributed by atoms with Gasteiger partial charge in [-0.05, 0) is 22.9 Å². The van der Waals surface area contributed by atoms with Crippen LogP contribution in [0.15, 0.2) is 10.8 Å². The highest BCUT2D eigenvalue weighted by molar-refractivity contribution is 9.10. The first-order valence-electron chi connectivity index (χ1n) is 3.50. The van der Waals surface area contributed by atoms with Crippen molar-refractivity contribution in [1.29, 1.82) is 0 Å². The van der Waals surface area contributed by atoms with Gasteiger partial charge in [-0.3, -0.25) is 0 Å². The van der Waals surface area contributed by atoms with E-state index < -0.39 is 10.2 Å². The Morgan fingerprint density at radius 3 is 2.38 bits per heavy atom. The first kappa shape index (κ1) is 10.7. The van der Waals surface area contributed by atoms with Gasteiger partial charge in [0, 0.05) is 14.1 Å². The molecule has 0 fully saturated rings. The Hall–Kier alpha value is -0.400. The van der Waals surface area contributed by atoms with Gasteiger partial charge in [-0.25, -0.2) is 8.96 Å². The van der Waals surface area contributed by atoms with Gasteiger partial charge in [0.1, 0.15) is 10.4 Å². The molecule has 0 saturated heterocycles. The molecule has 13 heavy (non-hydrogen) atoms. The molecule has 0 aromatic carbocycles. The van der Waals surface area contributed by atoms with Crippen LogP contribution in [0.5, 0.6) is 0 Å². The second-order valence-corrected chi connectivity index (χ2v) is 5.53. The third-order valence-electron chi connectivity index (χ3n) is 1.52. The number of halogens is 1. The summed E-state index contributed by atoms with van der Waals surface area (Å²) < 4.78 is 26.0. The monoisotopic (exact) mass is 267 g/mol. The molecule has 0 amide bonds. The first-order chi connectivity index (χ1) is 5.85. The third kappa shape index (κ3) is 1.92. The number of hydrogen-bond acceptors (Lipinski definition) is 3. The lowest BCUT2D eigenvalue weighted by atomic mass is 10.8. The Labute approximate surface area is 85.7 Å². The summed E-state index contributed by atoms with van der Waals surface area (Å²) in [5.74, 6) is 0.431. The van der Waals surface area contributed by atoms with Crippen molar-refractivity contribution in [3.8, 4) is 0 Å². The predicted molar refractivity (Wildman–Crippen MR) is 52.7 cm³/mol. The van der Waals surface area contributed by atoms with Crippen LogP contribution in [-0.2, 0) is 10.2 Å². The van der Waals surface area contributed by atoms with Gasteiger partial charge in [0.05, 0.1) is 6.20 Å². The molecule has 1 aromatic heterocycles. The summed E-state index contributed by atoms with van der Waals surface area (Å²) in [5, 5.41) is 0. The van der Waals surface area contributed by atoms with Crippen LogP contribution in [-0.4, -0.2) is 35.8 Å². The number of rotatable bonds is 2. The van der Waals surface area contributed by atoms with Crippen molar-refractivity contribution in [1.82, 2.24) is 13.3 Å². The quantitative estimate of drug-likeness (QED) is 0.789. The van der Waals surface area contributed by atoms with E-state index in [1.807, 2.05) is 0 Å². The van der Waals surface area contributed by atoms with Crippen LogP contribution < -0.4 is 0 Å². The Kier molecular flexibility index (Phi) is 2.79. The summed E-state index contributed by atoms with van der Waals surface area (Å²) in [7, 11) is -0.479. The number of aromatic nitrogens is 2. The molecule has 1 aromatic rings. The molecule has 0 unspecified atom stereocenters. The lowest BCUT2D eigenvalue weighted by Gasteiger charge is -2.12. The van der Waals surface area contributed by atoms with Crippen molar-refractivity contribution in [2.24, 2.45) is 0 Å². The SMILES string of the molecule is Cc1nc(Br)cn1S(=O)(=O)N(C)C. The third-order valence-corrected chi connectivity index (χ3v) is 3.69. The highest BCUT2D eigenvalue weighted by atomic mass is 79.9. The highest BCUT2D eigenvalue weighted by Crippen LogP contribution is 2.12. The Morgan fingerprint density at radius 2 is 2.08 bits per heavy atom. The van der Waals surface area contributed by atoms with Gasteiger partial charge in [-0.1, -0.05) is 0 Å². The lowest BCUT2D eigenvalue weighted by molar-refractivity contribution is 0.509. The van der Waals surface area contributed by atoms with Crippen molar-refractivity contribution >= 4 is 26.1 Å². The van der Waals surface area contributed by atoms with Gasteiger partial charge in [0.15, 0.2) is 0 Å². The van der Waals surface area contributed by atoms with Gasteiger partial charge < -0.3 is 0 Å². The molecule has 0 aliphatic rings. The molecule has 0 aliphatic carbocycles. The highest BCUT2D eigenvalue weighted by Gasteiger charge is 2.18. The normalized spacial score (nSPS) is 12.4. The fourth-order valence-electron chi connectivity index (χ4n) is 0.832. The minimum Gasteiger partial charge on any atom is -0.226 e. The molecule has 74 valence electrons. The van der Waals surface area contributed by atoms with E-state index in [9.17, 15) is 8.42 Å². The van der Waals surface area contributed by atoms with E-state index in [2.05, 4.69) is 20.9 Å². The predicted octanol–water partition coefficient (Wildman–Crippen LogP) is 0.609. The average Bonchev–Trinajstić information content (AvgIpc) is 2.30. The van der Waals surface area contributed by atoms with Gasteiger partial charge in [-0.15, -0.1) is 0 Å². The molecule has 0 radical (unpaired) electrons. The van der Waals surface area contributed by atoms with Crippen molar-refractivity contribution in [2.45, 2.75) is 6.92 Å². The van der Waals surface area contributed by atoms with Crippen LogP contribution in [0.3, 0.4) is 0 Å². The lowest BCUT2D eigenvalue weighted by Crippen LogP contribution is -2.29. The molecular weight excluding hydrogens is 258 g/mol. The second-order valence-electron chi connectivity index (χ2n) is 2.70. The molecule has 0 bridgehead atoms. The zero-order valence-electron chi connectivity index (χ0n) is 7.52. The first-order valence-corrected chi connectivity index (χ1v) is 5.69. The number of hydrogen-bond donors (Lipinski definition) is 0. The van der Waals surface area contributed by atoms with Crippen LogP contribution in [0.1, 0.15) is 5.82 Å². The zero-order chi connectivity index (χ0) is 10.2. The Bertz CT molecular complexity index is 410. The standard InChI is InChI=1S/C6H10BrN3O2S/c1-5-8-6(7)4-10(5)13(11,12)9(2)3/h4H,1-3H3. The van der Waals surface area contributed by atoms with Crippen molar-refractivity contribution in [3.05, 3.63) is 16.6 Å². The number of nitrogens with zero attached hydrogens (tertiary/aromatic N) is 3. The average molecular weight is 268 g/mol. The summed E-state index contributed by atoms with van der Waals surface area (Å²) in [6, 6.07) is 0. The zero-order valence-corrected chi connectivity index (χ0v) is 9.92. The molecular formula is C6H10BrN3O2S. The van der Waals surface area contributed by atoms with Crippen molar-refractivity contribution < 1.29 is 8.42 Å². The minimum atomic E-state index is -3.43. The minimum absolute atomic E-state index is 0.431. The number of aryl methyl sites for hydroxylation is 1. The fraction of sp³-hybridized carbons (Fsp3) is 0.500. The molecule has 0 spiro atoms. The number of imidazole rings is 1. The largest absolute Gasteiger partial charge is 0.308 e. The van der Waals surface area contributed by atoms with Crippen LogP contribution >= 0.6 is 15.9 Å². The van der Waals surface area contributed by atoms with Gasteiger partial charge >= 0.3 is 10.2 Å². The maximum atomic E-state index is 11.6. The molecule has 7 heteroatoms. The summed E-state index contributed by atoms with van der Waals surface area (Å²) in [6.07, 6.45) is 1.42. The van der Waals surface area contributed by atoms with Crippen LogP contribution in [0.25, 0.3) is 0 Å². The van der Waals surface area contributed by atoms with E-state index in [-0.39, 0.29) is 0 Å². The van der Waals surface area contributed by atoms with E-state index in [0.29, 0.717) is 10.4 Å². The van der Waals surface area contributed by atoms with E-state index in [4.69, 9.17) is 0 Å². The maximum Gasteiger partial charge on any atom is 0.308 e. The van der Waals surface area contributed by atoms with E-state index >= 15 is 0 Å². The second kappa shape index (κ2) is 3.39. The Morgan fingerprint density at radius 1 is 1.54 bits per heavy atom. The summed E-state index contributed by atoms with van der Waals surface area (Å²) >= 11 is 3.11. The molecule has 5 nitrogen and oxygen atoms in total. The molecule has 0 saturated carbocycles. The molecule has 1 rings (SSSR count). The van der Waals surface area contributed by atoms with Crippen LogP contribution in [0, 0.1) is 6.92 Å². The van der Waals surface area contributed by atoms with E-state index in [0.717, 1.165) is 8.28 Å². The summed E-state index contributed by atoms with van der Waals surface area (Å²) in [5.41, 5.74) is 0. The Balaban J connectivity index is 3.31. The smallest absolute Gasteiger partial charge is 0.226 e. The summed E-state index contributed by atoms with van der Waals surface area (Å²) in [6.45, 7) is 1.63. The van der Waals surface area contributed by atoms with Crippen molar-refractivity contribution in [3.63, 3.8) is 0 Å². The van der Waals surface area contributed by atoms with Crippen molar-refractivity contribution in [2.75, 3.05) is 14.1 Å². The van der Waals surface area contributed by atoms with Crippen LogP contribution in [0.4, 0.5) is 0 Å². The summed E-state index contributed by atoms with van der Waals surface area (Å²) in [4.78, 5) is 3.93. The molecule has 0 aliphatic heterocycles. The van der Waals surface area contributed by atoms with E-state index in [1.165, 1.54) is 20.3 Å². The molecule has 0 N–H and O–H groups in total. The molecule has 0 atom stereocenters. The van der Waals surface area contributed by atoms with Gasteiger partial charge in [0.25, 0.3) is 0 Å². The van der Waals surface area contributed by atoms with Crippen LogP contribution in [0.2, 0.25) is 0 Å². The van der Waals surface area contributed by atoms with E-state index in [1.54, 1.807) is 6.92 Å². The van der Waals surface area contributed by atoms with Gasteiger partial charge in [-0.2, -0.15) is 12.7 Å². The van der Waals surface area contributed by atoms with Gasteiger partial charge in [0.2, 0.25) is 0 Å². The fourth-order valence-corrected chi connectivity index (χ4v) is 2.39. The maximum absolute atomic E-state index is 11.6.